The Morgan fingerprint density at radius 1 is 1.40 bits per heavy atom. The highest BCUT2D eigenvalue weighted by Crippen LogP contribution is 2.13. The molecule has 0 aliphatic carbocycles. The van der Waals surface area contributed by atoms with Crippen LogP contribution in [0.1, 0.15) is 31.6 Å². The molecule has 0 aromatic carbocycles. The topological polar surface area (TPSA) is 55.1 Å². The molecule has 2 rings (SSSR count). The van der Waals surface area contributed by atoms with Gasteiger partial charge in [0.25, 0.3) is 0 Å². The maximum absolute atomic E-state index is 4.46. The smallest absolute Gasteiger partial charge is 0.234 e. The predicted molar refractivity (Wildman–Crippen MR) is 60.0 cm³/mol. The molecule has 2 aromatic rings. The Balaban J connectivity index is 2.20. The van der Waals surface area contributed by atoms with E-state index in [1.807, 2.05) is 4.52 Å². The maximum atomic E-state index is 4.46. The van der Waals surface area contributed by atoms with Gasteiger partial charge >= 0.3 is 0 Å². The van der Waals surface area contributed by atoms with E-state index in [4.69, 9.17) is 0 Å². The van der Waals surface area contributed by atoms with Gasteiger partial charge in [0.2, 0.25) is 4.96 Å². The molecule has 0 atom stereocenters. The van der Waals surface area contributed by atoms with Crippen molar-refractivity contribution in [3.8, 4) is 0 Å². The fourth-order valence-electron chi connectivity index (χ4n) is 1.28. The van der Waals surface area contributed by atoms with E-state index in [0.717, 1.165) is 28.8 Å². The van der Waals surface area contributed by atoms with Crippen LogP contribution < -0.4 is 5.32 Å². The van der Waals surface area contributed by atoms with Crippen LogP contribution in [0.4, 0.5) is 0 Å². The van der Waals surface area contributed by atoms with E-state index in [-0.39, 0.29) is 0 Å². The van der Waals surface area contributed by atoms with E-state index in [2.05, 4.69) is 41.4 Å². The zero-order valence-electron chi connectivity index (χ0n) is 9.19. The van der Waals surface area contributed by atoms with Crippen LogP contribution >= 0.6 is 11.3 Å². The van der Waals surface area contributed by atoms with Crippen molar-refractivity contribution in [3.63, 3.8) is 0 Å². The van der Waals surface area contributed by atoms with Gasteiger partial charge in [0.05, 0.1) is 0 Å². The Labute approximate surface area is 92.5 Å². The van der Waals surface area contributed by atoms with Crippen LogP contribution in [0.15, 0.2) is 0 Å². The number of aryl methyl sites for hydroxylation is 1. The summed E-state index contributed by atoms with van der Waals surface area (Å²) in [5.74, 6) is 0.928. The second-order valence-electron chi connectivity index (χ2n) is 3.70. The molecule has 0 amide bonds. The molecule has 0 saturated carbocycles. The fourth-order valence-corrected chi connectivity index (χ4v) is 2.08. The largest absolute Gasteiger partial charge is 0.308 e. The summed E-state index contributed by atoms with van der Waals surface area (Å²) in [6.07, 6.45) is 0.863. The van der Waals surface area contributed by atoms with Crippen LogP contribution in [-0.4, -0.2) is 25.9 Å². The minimum absolute atomic E-state index is 0.477. The Hall–Kier alpha value is -1.01. The average Bonchev–Trinajstić information content (AvgIpc) is 2.72. The Kier molecular flexibility index (Phi) is 2.97. The zero-order valence-corrected chi connectivity index (χ0v) is 10.0. The quantitative estimate of drug-likeness (QED) is 0.850. The summed E-state index contributed by atoms with van der Waals surface area (Å²) in [7, 11) is 0. The van der Waals surface area contributed by atoms with Crippen LogP contribution in [0.25, 0.3) is 4.96 Å². The van der Waals surface area contributed by atoms with Gasteiger partial charge in [-0.3, -0.25) is 0 Å². The zero-order chi connectivity index (χ0) is 10.8. The average molecular weight is 225 g/mol. The molecule has 0 unspecified atom stereocenters. The fraction of sp³-hybridized carbons (Fsp3) is 0.667. The molecule has 0 saturated heterocycles. The van der Waals surface area contributed by atoms with Crippen molar-refractivity contribution in [2.24, 2.45) is 0 Å². The van der Waals surface area contributed by atoms with Crippen molar-refractivity contribution in [1.29, 1.82) is 0 Å². The second kappa shape index (κ2) is 4.24. The minimum atomic E-state index is 0.477. The summed E-state index contributed by atoms with van der Waals surface area (Å²) in [5, 5.41) is 17.0. The standard InChI is InChI=1S/C9H15N5S/c1-4-7-11-12-9-14(7)13-8(15-9)5-10-6(2)3/h6,10H,4-5H2,1-3H3. The number of hydrogen-bond donors (Lipinski definition) is 1. The van der Waals surface area contributed by atoms with Crippen molar-refractivity contribution in [1.82, 2.24) is 25.1 Å². The van der Waals surface area contributed by atoms with Crippen LogP contribution in [0.2, 0.25) is 0 Å². The van der Waals surface area contributed by atoms with Crippen molar-refractivity contribution in [3.05, 3.63) is 10.8 Å². The SMILES string of the molecule is CCc1nnc2sc(CNC(C)C)nn12. The van der Waals surface area contributed by atoms with Gasteiger partial charge in [0.1, 0.15) is 5.01 Å². The molecular formula is C9H15N5S. The number of aromatic nitrogens is 4. The van der Waals surface area contributed by atoms with Gasteiger partial charge in [-0.05, 0) is 0 Å². The molecule has 0 aliphatic heterocycles. The van der Waals surface area contributed by atoms with Crippen LogP contribution in [0, 0.1) is 0 Å². The molecular weight excluding hydrogens is 210 g/mol. The number of fused-ring (bicyclic) bond motifs is 1. The highest BCUT2D eigenvalue weighted by Gasteiger charge is 2.09. The third-order valence-corrected chi connectivity index (χ3v) is 2.97. The van der Waals surface area contributed by atoms with E-state index >= 15 is 0 Å². The highest BCUT2D eigenvalue weighted by molar-refractivity contribution is 7.16. The molecule has 0 bridgehead atoms. The molecule has 2 aromatic heterocycles. The summed E-state index contributed by atoms with van der Waals surface area (Å²) in [5.41, 5.74) is 0. The van der Waals surface area contributed by atoms with E-state index in [1.54, 1.807) is 11.3 Å². The molecule has 15 heavy (non-hydrogen) atoms. The number of nitrogens with zero attached hydrogens (tertiary/aromatic N) is 4. The molecule has 0 radical (unpaired) electrons. The van der Waals surface area contributed by atoms with Crippen molar-refractivity contribution >= 4 is 16.3 Å². The van der Waals surface area contributed by atoms with Gasteiger partial charge in [-0.2, -0.15) is 9.61 Å². The molecule has 0 spiro atoms. The van der Waals surface area contributed by atoms with Crippen LogP contribution in [-0.2, 0) is 13.0 Å². The van der Waals surface area contributed by atoms with Gasteiger partial charge in [0.15, 0.2) is 5.82 Å². The van der Waals surface area contributed by atoms with E-state index in [9.17, 15) is 0 Å². The molecule has 1 N–H and O–H groups in total. The van der Waals surface area contributed by atoms with Gasteiger partial charge in [-0.25, -0.2) is 0 Å². The molecule has 5 nitrogen and oxygen atoms in total. The first-order valence-electron chi connectivity index (χ1n) is 5.14. The summed E-state index contributed by atoms with van der Waals surface area (Å²) in [6, 6.07) is 0.477. The van der Waals surface area contributed by atoms with Crippen LogP contribution in [0.5, 0.6) is 0 Å². The van der Waals surface area contributed by atoms with E-state index in [0.29, 0.717) is 6.04 Å². The van der Waals surface area contributed by atoms with Gasteiger partial charge in [-0.15, -0.1) is 10.2 Å². The lowest BCUT2D eigenvalue weighted by Gasteiger charge is -2.03. The molecule has 0 fully saturated rings. The van der Waals surface area contributed by atoms with E-state index < -0.39 is 0 Å². The predicted octanol–water partition coefficient (Wildman–Crippen LogP) is 1.25. The lowest BCUT2D eigenvalue weighted by Crippen LogP contribution is -2.21. The third kappa shape index (κ3) is 2.15. The van der Waals surface area contributed by atoms with Crippen molar-refractivity contribution in [2.45, 2.75) is 39.8 Å². The summed E-state index contributed by atoms with van der Waals surface area (Å²) in [4.78, 5) is 0.882. The lowest BCUT2D eigenvalue weighted by molar-refractivity contribution is 0.582. The molecule has 2 heterocycles. The Bertz CT molecular complexity index is 444. The van der Waals surface area contributed by atoms with Crippen molar-refractivity contribution < 1.29 is 0 Å². The Morgan fingerprint density at radius 3 is 2.87 bits per heavy atom. The summed E-state index contributed by atoms with van der Waals surface area (Å²) >= 11 is 1.59. The van der Waals surface area contributed by atoms with Crippen LogP contribution in [0.3, 0.4) is 0 Å². The first-order valence-corrected chi connectivity index (χ1v) is 5.95. The number of rotatable bonds is 4. The molecule has 0 aliphatic rings. The molecule has 82 valence electrons. The van der Waals surface area contributed by atoms with E-state index in [1.165, 1.54) is 0 Å². The minimum Gasteiger partial charge on any atom is -0.308 e. The molecule has 6 heteroatoms. The lowest BCUT2D eigenvalue weighted by atomic mass is 10.4. The second-order valence-corrected chi connectivity index (χ2v) is 4.74. The number of nitrogens with one attached hydrogen (secondary N) is 1. The summed E-state index contributed by atoms with van der Waals surface area (Å²) in [6.45, 7) is 7.10. The highest BCUT2D eigenvalue weighted by atomic mass is 32.1. The number of hydrogen-bond acceptors (Lipinski definition) is 5. The van der Waals surface area contributed by atoms with Crippen molar-refractivity contribution in [2.75, 3.05) is 0 Å². The van der Waals surface area contributed by atoms with Gasteiger partial charge in [-0.1, -0.05) is 32.1 Å². The first-order chi connectivity index (χ1) is 7.20. The maximum Gasteiger partial charge on any atom is 0.234 e. The summed E-state index contributed by atoms with van der Waals surface area (Å²) < 4.78 is 1.84. The normalized spacial score (nSPS) is 11.7. The Morgan fingerprint density at radius 2 is 2.20 bits per heavy atom. The first kappa shape index (κ1) is 10.5. The van der Waals surface area contributed by atoms with Gasteiger partial charge < -0.3 is 5.32 Å². The van der Waals surface area contributed by atoms with Gasteiger partial charge in [0, 0.05) is 19.0 Å². The third-order valence-electron chi connectivity index (χ3n) is 2.08. The monoisotopic (exact) mass is 225 g/mol.